The van der Waals surface area contributed by atoms with E-state index in [1.165, 1.54) is 19.5 Å². The number of aromatic nitrogens is 1. The van der Waals surface area contributed by atoms with Gasteiger partial charge in [0.25, 0.3) is 0 Å². The molecule has 0 saturated carbocycles. The second-order valence-electron chi connectivity index (χ2n) is 4.80. The van der Waals surface area contributed by atoms with Crippen LogP contribution in [0.1, 0.15) is 6.42 Å². The van der Waals surface area contributed by atoms with Gasteiger partial charge in [-0.2, -0.15) is 0 Å². The van der Waals surface area contributed by atoms with Gasteiger partial charge in [0.2, 0.25) is 0 Å². The van der Waals surface area contributed by atoms with Crippen molar-refractivity contribution in [2.75, 3.05) is 25.9 Å². The van der Waals surface area contributed by atoms with E-state index >= 15 is 0 Å². The molecule has 2 aliphatic rings. The molecule has 3 rings (SSSR count). The molecule has 0 amide bonds. The average Bonchev–Trinajstić information content (AvgIpc) is 2.63. The maximum atomic E-state index is 5.94. The minimum Gasteiger partial charge on any atom is -0.488 e. The molecule has 0 bridgehead atoms. The van der Waals surface area contributed by atoms with E-state index in [1.807, 2.05) is 12.1 Å². The summed E-state index contributed by atoms with van der Waals surface area (Å²) in [6.07, 6.45) is 5.11. The van der Waals surface area contributed by atoms with Crippen molar-refractivity contribution >= 4 is 11.8 Å². The Bertz CT molecular complexity index is 365. The molecule has 3 heterocycles. The first kappa shape index (κ1) is 10.4. The number of thioether (sulfide) groups is 1. The minimum atomic E-state index is 0.364. The van der Waals surface area contributed by atoms with E-state index in [0.717, 1.165) is 11.5 Å². The van der Waals surface area contributed by atoms with Crippen LogP contribution in [0.2, 0.25) is 0 Å². The molecule has 2 saturated heterocycles. The molecule has 1 atom stereocenters. The van der Waals surface area contributed by atoms with Crippen molar-refractivity contribution in [2.45, 2.75) is 17.3 Å². The predicted octanol–water partition coefficient (Wildman–Crippen LogP) is 1.65. The predicted molar refractivity (Wildman–Crippen MR) is 66.0 cm³/mol. The third-order valence-electron chi connectivity index (χ3n) is 3.23. The van der Waals surface area contributed by atoms with Gasteiger partial charge in [0, 0.05) is 36.2 Å². The number of hydrogen-bond acceptors (Lipinski definition) is 4. The van der Waals surface area contributed by atoms with Gasteiger partial charge in [-0.1, -0.05) is 0 Å². The summed E-state index contributed by atoms with van der Waals surface area (Å²) >= 11 is 2.08. The molecule has 0 unspecified atom stereocenters. The highest BCUT2D eigenvalue weighted by molar-refractivity contribution is 8.01. The third kappa shape index (κ3) is 1.92. The van der Waals surface area contributed by atoms with Gasteiger partial charge >= 0.3 is 0 Å². The smallest absolute Gasteiger partial charge is 0.138 e. The number of likely N-dealkylation sites (tertiary alicyclic amines) is 1. The van der Waals surface area contributed by atoms with Crippen molar-refractivity contribution < 1.29 is 4.74 Å². The Morgan fingerprint density at radius 3 is 3.12 bits per heavy atom. The van der Waals surface area contributed by atoms with E-state index in [0.29, 0.717) is 10.9 Å². The topological polar surface area (TPSA) is 25.4 Å². The van der Waals surface area contributed by atoms with Crippen molar-refractivity contribution in [3.63, 3.8) is 0 Å². The van der Waals surface area contributed by atoms with Crippen LogP contribution in [0.15, 0.2) is 24.5 Å². The zero-order valence-electron chi connectivity index (χ0n) is 9.43. The van der Waals surface area contributed by atoms with Crippen LogP contribution in [0.25, 0.3) is 0 Å². The van der Waals surface area contributed by atoms with Crippen LogP contribution in [-0.4, -0.2) is 46.6 Å². The molecule has 1 spiro atoms. The zero-order valence-corrected chi connectivity index (χ0v) is 10.2. The van der Waals surface area contributed by atoms with Gasteiger partial charge < -0.3 is 9.64 Å². The molecule has 0 aromatic carbocycles. The van der Waals surface area contributed by atoms with E-state index < -0.39 is 0 Å². The summed E-state index contributed by atoms with van der Waals surface area (Å²) in [7, 11) is 2.18. The SMILES string of the molecule is CN1CC2(C[C@H](Oc3cccnc3)CS2)C1. The Morgan fingerprint density at radius 1 is 1.56 bits per heavy atom. The molecule has 2 fully saturated rings. The second-order valence-corrected chi connectivity index (χ2v) is 6.29. The lowest BCUT2D eigenvalue weighted by Gasteiger charge is -2.45. The molecular formula is C12H16N2OS. The fourth-order valence-corrected chi connectivity index (χ4v) is 4.30. The lowest BCUT2D eigenvalue weighted by atomic mass is 9.94. The number of rotatable bonds is 2. The zero-order chi connectivity index (χ0) is 11.0. The fraction of sp³-hybridized carbons (Fsp3) is 0.583. The van der Waals surface area contributed by atoms with E-state index in [1.54, 1.807) is 12.4 Å². The monoisotopic (exact) mass is 236 g/mol. The number of ether oxygens (including phenoxy) is 1. The Kier molecular flexibility index (Phi) is 2.56. The summed E-state index contributed by atoms with van der Waals surface area (Å²) in [6.45, 7) is 2.43. The van der Waals surface area contributed by atoms with Crippen LogP contribution in [0.5, 0.6) is 5.75 Å². The molecule has 16 heavy (non-hydrogen) atoms. The second kappa shape index (κ2) is 3.93. The third-order valence-corrected chi connectivity index (χ3v) is 4.80. The average molecular weight is 236 g/mol. The Hall–Kier alpha value is -0.740. The largest absolute Gasteiger partial charge is 0.488 e. The molecule has 4 heteroatoms. The van der Waals surface area contributed by atoms with Crippen LogP contribution >= 0.6 is 11.8 Å². The minimum absolute atomic E-state index is 0.364. The number of hydrogen-bond donors (Lipinski definition) is 0. The first-order valence-corrected chi connectivity index (χ1v) is 6.64. The highest BCUT2D eigenvalue weighted by atomic mass is 32.2. The highest BCUT2D eigenvalue weighted by Gasteiger charge is 2.48. The molecule has 2 aliphatic heterocycles. The van der Waals surface area contributed by atoms with Gasteiger partial charge in [-0.15, -0.1) is 11.8 Å². The van der Waals surface area contributed by atoms with Gasteiger partial charge in [0.05, 0.1) is 6.20 Å². The normalized spacial score (nSPS) is 27.9. The summed E-state index contributed by atoms with van der Waals surface area (Å²) in [6, 6.07) is 3.90. The van der Waals surface area contributed by atoms with E-state index in [2.05, 4.69) is 28.7 Å². The van der Waals surface area contributed by atoms with Crippen LogP contribution in [0.3, 0.4) is 0 Å². The number of pyridine rings is 1. The summed E-state index contributed by atoms with van der Waals surface area (Å²) in [5, 5.41) is 0. The Labute approximate surface area is 100 Å². The molecule has 86 valence electrons. The van der Waals surface area contributed by atoms with Crippen molar-refractivity contribution in [1.29, 1.82) is 0 Å². The lowest BCUT2D eigenvalue weighted by Crippen LogP contribution is -2.56. The highest BCUT2D eigenvalue weighted by Crippen LogP contribution is 2.45. The maximum Gasteiger partial charge on any atom is 0.138 e. The van der Waals surface area contributed by atoms with E-state index in [9.17, 15) is 0 Å². The van der Waals surface area contributed by atoms with E-state index in [-0.39, 0.29) is 0 Å². The van der Waals surface area contributed by atoms with Crippen LogP contribution < -0.4 is 4.74 Å². The molecule has 3 nitrogen and oxygen atoms in total. The summed E-state index contributed by atoms with van der Waals surface area (Å²) in [5.41, 5.74) is 0. The van der Waals surface area contributed by atoms with Crippen LogP contribution in [0, 0.1) is 0 Å². The molecule has 1 aromatic heterocycles. The van der Waals surface area contributed by atoms with Gasteiger partial charge in [0.15, 0.2) is 0 Å². The van der Waals surface area contributed by atoms with Gasteiger partial charge in [-0.05, 0) is 19.2 Å². The first-order valence-electron chi connectivity index (χ1n) is 5.65. The van der Waals surface area contributed by atoms with Crippen molar-refractivity contribution in [3.05, 3.63) is 24.5 Å². The summed E-state index contributed by atoms with van der Waals surface area (Å²) < 4.78 is 6.43. The molecule has 0 radical (unpaired) electrons. The molecule has 1 aromatic rings. The first-order chi connectivity index (χ1) is 7.76. The van der Waals surface area contributed by atoms with Crippen molar-refractivity contribution in [1.82, 2.24) is 9.88 Å². The summed E-state index contributed by atoms with van der Waals surface area (Å²) in [4.78, 5) is 6.44. The Morgan fingerprint density at radius 2 is 2.44 bits per heavy atom. The number of nitrogens with zero attached hydrogens (tertiary/aromatic N) is 2. The molecule has 0 aliphatic carbocycles. The van der Waals surface area contributed by atoms with Gasteiger partial charge in [-0.25, -0.2) is 0 Å². The van der Waals surface area contributed by atoms with Crippen LogP contribution in [0.4, 0.5) is 0 Å². The lowest BCUT2D eigenvalue weighted by molar-refractivity contribution is 0.123. The van der Waals surface area contributed by atoms with Gasteiger partial charge in [0.1, 0.15) is 11.9 Å². The van der Waals surface area contributed by atoms with E-state index in [4.69, 9.17) is 4.74 Å². The standard InChI is InChI=1S/C12H16N2OS/c1-14-8-12(9-14)5-11(7-16-12)15-10-3-2-4-13-6-10/h2-4,6,11H,5,7-9H2,1H3/t11-/m0/s1. The van der Waals surface area contributed by atoms with Crippen molar-refractivity contribution in [2.24, 2.45) is 0 Å². The Balaban J connectivity index is 1.59. The summed E-state index contributed by atoms with van der Waals surface area (Å²) in [5.74, 6) is 2.01. The molecule has 0 N–H and O–H groups in total. The quantitative estimate of drug-likeness (QED) is 0.779. The van der Waals surface area contributed by atoms with Gasteiger partial charge in [-0.3, -0.25) is 4.98 Å². The maximum absolute atomic E-state index is 5.94. The van der Waals surface area contributed by atoms with Crippen LogP contribution in [-0.2, 0) is 0 Å². The fourth-order valence-electron chi connectivity index (χ4n) is 2.65. The van der Waals surface area contributed by atoms with Crippen molar-refractivity contribution in [3.8, 4) is 5.75 Å². The molecular weight excluding hydrogens is 220 g/mol.